The maximum Gasteiger partial charge on any atom is 0.263 e. The average molecular weight is 341 g/mol. The molecule has 0 atom stereocenters. The molecule has 2 fully saturated rings. The van der Waals surface area contributed by atoms with Crippen LogP contribution in [0.3, 0.4) is 0 Å². The van der Waals surface area contributed by atoms with Crippen LogP contribution >= 0.6 is 11.3 Å². The van der Waals surface area contributed by atoms with Crippen molar-refractivity contribution < 1.29 is 4.79 Å². The minimum atomic E-state index is 0.222. The highest BCUT2D eigenvalue weighted by Gasteiger charge is 2.42. The Balaban J connectivity index is 1.33. The predicted molar refractivity (Wildman–Crippen MR) is 96.0 cm³/mol. The van der Waals surface area contributed by atoms with Crippen molar-refractivity contribution in [1.82, 2.24) is 14.8 Å². The molecular formula is C19H23N3OS. The predicted octanol–water partition coefficient (Wildman–Crippen LogP) is 3.27. The van der Waals surface area contributed by atoms with E-state index in [9.17, 15) is 4.79 Å². The number of amides is 1. The second-order valence-corrected chi connectivity index (χ2v) is 8.04. The molecule has 0 aliphatic carbocycles. The van der Waals surface area contributed by atoms with Gasteiger partial charge in [-0.15, -0.1) is 11.3 Å². The maximum absolute atomic E-state index is 12.6. The zero-order chi connectivity index (χ0) is 16.4. The highest BCUT2D eigenvalue weighted by molar-refractivity contribution is 7.12. The van der Waals surface area contributed by atoms with Crippen LogP contribution in [0.25, 0.3) is 0 Å². The number of nitrogens with zero attached hydrogens (tertiary/aromatic N) is 3. The molecule has 4 nitrogen and oxygen atoms in total. The van der Waals surface area contributed by atoms with Gasteiger partial charge in [-0.3, -0.25) is 14.7 Å². The molecule has 0 bridgehead atoms. The molecule has 2 aliphatic heterocycles. The smallest absolute Gasteiger partial charge is 0.263 e. The first-order valence-corrected chi connectivity index (χ1v) is 9.56. The minimum Gasteiger partial charge on any atom is -0.337 e. The van der Waals surface area contributed by atoms with Crippen molar-refractivity contribution in [3.63, 3.8) is 0 Å². The molecule has 4 heterocycles. The van der Waals surface area contributed by atoms with E-state index in [0.29, 0.717) is 5.41 Å². The fraction of sp³-hybridized carbons (Fsp3) is 0.474. The summed E-state index contributed by atoms with van der Waals surface area (Å²) in [6, 6.07) is 8.05. The summed E-state index contributed by atoms with van der Waals surface area (Å²) in [6.07, 6.45) is 7.33. The summed E-state index contributed by atoms with van der Waals surface area (Å²) < 4.78 is 0. The first-order chi connectivity index (χ1) is 11.7. The molecule has 1 amide bonds. The Labute approximate surface area is 147 Å². The van der Waals surface area contributed by atoms with Gasteiger partial charge in [-0.05, 0) is 60.8 Å². The quantitative estimate of drug-likeness (QED) is 0.860. The molecule has 4 rings (SSSR count). The van der Waals surface area contributed by atoms with Crippen molar-refractivity contribution in [2.75, 3.05) is 26.2 Å². The van der Waals surface area contributed by atoms with E-state index in [-0.39, 0.29) is 5.91 Å². The lowest BCUT2D eigenvalue weighted by molar-refractivity contribution is 0.0718. The van der Waals surface area contributed by atoms with Crippen molar-refractivity contribution in [3.05, 3.63) is 52.5 Å². The molecule has 24 heavy (non-hydrogen) atoms. The van der Waals surface area contributed by atoms with Crippen LogP contribution in [-0.4, -0.2) is 46.9 Å². The van der Waals surface area contributed by atoms with Crippen molar-refractivity contribution in [1.29, 1.82) is 0 Å². The largest absolute Gasteiger partial charge is 0.337 e. The molecule has 126 valence electrons. The van der Waals surface area contributed by atoms with Crippen LogP contribution in [0, 0.1) is 5.41 Å². The Kier molecular flexibility index (Phi) is 4.37. The van der Waals surface area contributed by atoms with Crippen molar-refractivity contribution in [3.8, 4) is 0 Å². The highest BCUT2D eigenvalue weighted by atomic mass is 32.1. The summed E-state index contributed by atoms with van der Waals surface area (Å²) >= 11 is 1.55. The molecule has 2 aromatic heterocycles. The van der Waals surface area contributed by atoms with Crippen molar-refractivity contribution in [2.24, 2.45) is 5.41 Å². The van der Waals surface area contributed by atoms with Crippen LogP contribution in [0.4, 0.5) is 0 Å². The fourth-order valence-corrected chi connectivity index (χ4v) is 4.70. The third kappa shape index (κ3) is 3.23. The number of carbonyl (C=O) groups excluding carboxylic acids is 1. The van der Waals surface area contributed by atoms with E-state index in [4.69, 9.17) is 0 Å². The van der Waals surface area contributed by atoms with Gasteiger partial charge in [0.15, 0.2) is 0 Å². The molecule has 2 aromatic rings. The second-order valence-electron chi connectivity index (χ2n) is 7.09. The van der Waals surface area contributed by atoms with Crippen LogP contribution in [0.5, 0.6) is 0 Å². The zero-order valence-corrected chi connectivity index (χ0v) is 14.7. The molecule has 0 N–H and O–H groups in total. The van der Waals surface area contributed by atoms with Gasteiger partial charge in [0.2, 0.25) is 0 Å². The van der Waals surface area contributed by atoms with Crippen molar-refractivity contribution in [2.45, 2.75) is 25.8 Å². The topological polar surface area (TPSA) is 36.4 Å². The van der Waals surface area contributed by atoms with Gasteiger partial charge in [-0.2, -0.15) is 0 Å². The summed E-state index contributed by atoms with van der Waals surface area (Å²) in [6.45, 7) is 5.08. The van der Waals surface area contributed by atoms with Gasteiger partial charge in [0, 0.05) is 32.0 Å². The van der Waals surface area contributed by atoms with Gasteiger partial charge in [0.05, 0.1) is 4.88 Å². The third-order valence-electron chi connectivity index (χ3n) is 5.50. The standard InChI is InChI=1S/C19H23N3OS/c23-18(17-4-2-12-24-17)22-11-7-19(15-22)5-9-21(10-6-19)14-16-3-1-8-20-13-16/h1-4,8,12-13H,5-7,9-11,14-15H2. The minimum absolute atomic E-state index is 0.222. The lowest BCUT2D eigenvalue weighted by atomic mass is 9.77. The van der Waals surface area contributed by atoms with Crippen LogP contribution < -0.4 is 0 Å². The Hall–Kier alpha value is -1.72. The van der Waals surface area contributed by atoms with Gasteiger partial charge in [-0.25, -0.2) is 0 Å². The van der Waals surface area contributed by atoms with Crippen molar-refractivity contribution >= 4 is 17.2 Å². The number of rotatable bonds is 3. The Morgan fingerprint density at radius 2 is 2.00 bits per heavy atom. The summed E-state index contributed by atoms with van der Waals surface area (Å²) in [5, 5.41) is 1.98. The number of aromatic nitrogens is 1. The Morgan fingerprint density at radius 3 is 2.71 bits per heavy atom. The Bertz CT molecular complexity index is 678. The SMILES string of the molecule is O=C(c1cccs1)N1CCC2(CCN(Cc3cccnc3)CC2)C1. The fourth-order valence-electron chi connectivity index (χ4n) is 4.01. The Morgan fingerprint density at radius 1 is 1.17 bits per heavy atom. The third-order valence-corrected chi connectivity index (χ3v) is 6.36. The van der Waals surface area contributed by atoms with E-state index in [1.165, 1.54) is 18.4 Å². The van der Waals surface area contributed by atoms with E-state index < -0.39 is 0 Å². The van der Waals surface area contributed by atoms with Gasteiger partial charge < -0.3 is 4.90 Å². The lowest BCUT2D eigenvalue weighted by Crippen LogP contribution is -2.41. The zero-order valence-electron chi connectivity index (χ0n) is 13.9. The number of carbonyl (C=O) groups is 1. The number of hydrogen-bond donors (Lipinski definition) is 0. The van der Waals surface area contributed by atoms with Gasteiger partial charge in [0.1, 0.15) is 0 Å². The van der Waals surface area contributed by atoms with Gasteiger partial charge in [-0.1, -0.05) is 12.1 Å². The number of pyridine rings is 1. The maximum atomic E-state index is 12.6. The summed E-state index contributed by atoms with van der Waals surface area (Å²) in [7, 11) is 0. The average Bonchev–Trinajstić information content (AvgIpc) is 3.28. The summed E-state index contributed by atoms with van der Waals surface area (Å²) in [5.74, 6) is 0.222. The molecule has 0 radical (unpaired) electrons. The summed E-state index contributed by atoms with van der Waals surface area (Å²) in [4.78, 5) is 22.2. The molecule has 2 saturated heterocycles. The van der Waals surface area contributed by atoms with Crippen LogP contribution in [-0.2, 0) is 6.54 Å². The molecular weight excluding hydrogens is 318 g/mol. The van der Waals surface area contributed by atoms with Gasteiger partial charge >= 0.3 is 0 Å². The number of piperidine rings is 1. The lowest BCUT2D eigenvalue weighted by Gasteiger charge is -2.39. The van der Waals surface area contributed by atoms with E-state index in [1.54, 1.807) is 11.3 Å². The monoisotopic (exact) mass is 341 g/mol. The molecule has 2 aliphatic rings. The molecule has 5 heteroatoms. The van der Waals surface area contributed by atoms with Crippen LogP contribution in [0.15, 0.2) is 42.0 Å². The van der Waals surface area contributed by atoms with Crippen LogP contribution in [0.1, 0.15) is 34.5 Å². The number of likely N-dealkylation sites (tertiary alicyclic amines) is 2. The number of hydrogen-bond acceptors (Lipinski definition) is 4. The molecule has 0 aromatic carbocycles. The second kappa shape index (κ2) is 6.65. The normalized spacial score (nSPS) is 20.6. The van der Waals surface area contributed by atoms with E-state index >= 15 is 0 Å². The van der Waals surface area contributed by atoms with E-state index in [1.807, 2.05) is 36.0 Å². The van der Waals surface area contributed by atoms with Crippen LogP contribution in [0.2, 0.25) is 0 Å². The van der Waals surface area contributed by atoms with E-state index in [0.717, 1.165) is 44.0 Å². The van der Waals surface area contributed by atoms with Gasteiger partial charge in [0.25, 0.3) is 5.91 Å². The molecule has 0 unspecified atom stereocenters. The molecule has 0 saturated carbocycles. The first kappa shape index (κ1) is 15.8. The number of thiophene rings is 1. The van der Waals surface area contributed by atoms with E-state index in [2.05, 4.69) is 20.9 Å². The molecule has 1 spiro atoms. The first-order valence-electron chi connectivity index (χ1n) is 8.68. The summed E-state index contributed by atoms with van der Waals surface area (Å²) in [5.41, 5.74) is 1.63. The highest BCUT2D eigenvalue weighted by Crippen LogP contribution is 2.41.